The van der Waals surface area contributed by atoms with Crippen molar-refractivity contribution in [1.29, 1.82) is 0 Å². The summed E-state index contributed by atoms with van der Waals surface area (Å²) in [5, 5.41) is 0. The van der Waals surface area contributed by atoms with Crippen LogP contribution in [0.2, 0.25) is 0 Å². The Balaban J connectivity index is 1.96. The summed E-state index contributed by atoms with van der Waals surface area (Å²) < 4.78 is 29.5. The molecule has 0 fully saturated rings. The van der Waals surface area contributed by atoms with E-state index >= 15 is 0 Å². The third kappa shape index (κ3) is 5.63. The molecule has 0 saturated heterocycles. The van der Waals surface area contributed by atoms with Gasteiger partial charge in [0.15, 0.2) is 0 Å². The van der Waals surface area contributed by atoms with E-state index < -0.39 is 10.0 Å². The van der Waals surface area contributed by atoms with E-state index in [-0.39, 0.29) is 4.90 Å². The number of aryl methyl sites for hydroxylation is 1. The first-order chi connectivity index (χ1) is 13.5. The lowest BCUT2D eigenvalue weighted by atomic mass is 10.1. The van der Waals surface area contributed by atoms with Crippen LogP contribution in [-0.2, 0) is 10.0 Å². The first kappa shape index (κ1) is 19.5. The van der Waals surface area contributed by atoms with E-state index in [1.807, 2.05) is 79.7 Å². The molecule has 0 heterocycles. The zero-order chi connectivity index (χ0) is 19.8. The van der Waals surface area contributed by atoms with Gasteiger partial charge in [-0.15, -0.1) is 0 Å². The summed E-state index contributed by atoms with van der Waals surface area (Å²) in [4.78, 5) is 0.178. The van der Waals surface area contributed by atoms with Crippen molar-refractivity contribution in [1.82, 2.24) is 0 Å². The fourth-order valence-corrected chi connectivity index (χ4v) is 3.49. The average Bonchev–Trinajstić information content (AvgIpc) is 2.72. The van der Waals surface area contributed by atoms with Crippen molar-refractivity contribution in [2.45, 2.75) is 11.8 Å². The van der Waals surface area contributed by atoms with Gasteiger partial charge in [-0.25, -0.2) is 0 Å². The van der Waals surface area contributed by atoms with E-state index in [1.165, 1.54) is 0 Å². The molecule has 0 saturated carbocycles. The largest absolute Gasteiger partial charge is 0.282 e. The van der Waals surface area contributed by atoms with Crippen LogP contribution in [0.15, 0.2) is 106 Å². The minimum Gasteiger partial charge on any atom is -0.199 e. The highest BCUT2D eigenvalue weighted by atomic mass is 32.2. The number of hydrogen-bond donors (Lipinski definition) is 0. The second kappa shape index (κ2) is 9.11. The number of benzene rings is 3. The minimum absolute atomic E-state index is 0.178. The highest BCUT2D eigenvalue weighted by molar-refractivity contribution is 7.90. The van der Waals surface area contributed by atoms with Crippen molar-refractivity contribution in [3.8, 4) is 0 Å². The van der Waals surface area contributed by atoms with Gasteiger partial charge < -0.3 is 0 Å². The number of rotatable bonds is 6. The third-order valence-electron chi connectivity index (χ3n) is 4.04. The van der Waals surface area contributed by atoms with Gasteiger partial charge in [0.1, 0.15) is 0 Å². The van der Waals surface area contributed by atoms with Crippen molar-refractivity contribution < 1.29 is 8.42 Å². The lowest BCUT2D eigenvalue weighted by Gasteiger charge is -2.01. The molecule has 0 spiro atoms. The SMILES string of the molecule is Cc1ccc(S(=O)(=O)N=C(/C=C/c2ccccc2)/C=C/c2ccccc2)cc1. The quantitative estimate of drug-likeness (QED) is 0.521. The maximum atomic E-state index is 12.7. The Hall–Kier alpha value is -3.24. The molecule has 0 amide bonds. The van der Waals surface area contributed by atoms with E-state index in [9.17, 15) is 8.42 Å². The highest BCUT2D eigenvalue weighted by Crippen LogP contribution is 2.15. The standard InChI is InChI=1S/C24H21NO2S/c1-20-12-18-24(19-13-20)28(26,27)25-23(16-14-21-8-4-2-5-9-21)17-15-22-10-6-3-7-11-22/h2-19H,1H3/b16-14+,17-15+. The lowest BCUT2D eigenvalue weighted by Crippen LogP contribution is -2.01. The molecule has 0 aliphatic rings. The van der Waals surface area contributed by atoms with Crippen LogP contribution in [-0.4, -0.2) is 14.1 Å². The van der Waals surface area contributed by atoms with Crippen LogP contribution in [0.25, 0.3) is 12.2 Å². The molecule has 3 nitrogen and oxygen atoms in total. The Morgan fingerprint density at radius 1 is 0.714 bits per heavy atom. The summed E-state index contributed by atoms with van der Waals surface area (Å²) in [7, 11) is -3.80. The number of sulfonamides is 1. The Bertz CT molecular complexity index is 1040. The van der Waals surface area contributed by atoms with Gasteiger partial charge >= 0.3 is 0 Å². The van der Waals surface area contributed by atoms with Crippen molar-refractivity contribution >= 4 is 27.9 Å². The molecule has 3 rings (SSSR count). The van der Waals surface area contributed by atoms with Crippen LogP contribution in [0.3, 0.4) is 0 Å². The van der Waals surface area contributed by atoms with Crippen molar-refractivity contribution in [2.75, 3.05) is 0 Å². The van der Waals surface area contributed by atoms with E-state index in [4.69, 9.17) is 0 Å². The molecule has 28 heavy (non-hydrogen) atoms. The number of nitrogens with zero attached hydrogens (tertiary/aromatic N) is 1. The molecular formula is C24H21NO2S. The maximum absolute atomic E-state index is 12.7. The smallest absolute Gasteiger partial charge is 0.199 e. The highest BCUT2D eigenvalue weighted by Gasteiger charge is 2.12. The van der Waals surface area contributed by atoms with Gasteiger partial charge in [-0.1, -0.05) is 90.5 Å². The van der Waals surface area contributed by atoms with Gasteiger partial charge in [0, 0.05) is 0 Å². The van der Waals surface area contributed by atoms with Crippen LogP contribution < -0.4 is 0 Å². The van der Waals surface area contributed by atoms with Gasteiger partial charge in [0.25, 0.3) is 10.0 Å². The summed E-state index contributed by atoms with van der Waals surface area (Å²) >= 11 is 0. The molecule has 0 aliphatic heterocycles. The van der Waals surface area contributed by atoms with Crippen LogP contribution in [0.1, 0.15) is 16.7 Å². The van der Waals surface area contributed by atoms with Crippen LogP contribution in [0, 0.1) is 6.92 Å². The van der Waals surface area contributed by atoms with Crippen LogP contribution in [0.4, 0.5) is 0 Å². The molecule has 0 unspecified atom stereocenters. The van der Waals surface area contributed by atoms with E-state index in [0.29, 0.717) is 5.71 Å². The molecule has 0 atom stereocenters. The van der Waals surface area contributed by atoms with Gasteiger partial charge in [0.2, 0.25) is 0 Å². The first-order valence-electron chi connectivity index (χ1n) is 8.91. The fourth-order valence-electron chi connectivity index (χ4n) is 2.51. The van der Waals surface area contributed by atoms with Crippen molar-refractivity contribution in [3.63, 3.8) is 0 Å². The zero-order valence-electron chi connectivity index (χ0n) is 15.6. The third-order valence-corrected chi connectivity index (χ3v) is 5.36. The molecule has 0 radical (unpaired) electrons. The molecule has 3 aromatic carbocycles. The summed E-state index contributed by atoms with van der Waals surface area (Å²) in [6.45, 7) is 1.91. The van der Waals surface area contributed by atoms with E-state index in [0.717, 1.165) is 16.7 Å². The second-order valence-electron chi connectivity index (χ2n) is 6.29. The van der Waals surface area contributed by atoms with E-state index in [1.54, 1.807) is 36.4 Å². The predicted molar refractivity (Wildman–Crippen MR) is 117 cm³/mol. The molecule has 4 heteroatoms. The first-order valence-corrected chi connectivity index (χ1v) is 10.3. The molecule has 0 bridgehead atoms. The Morgan fingerprint density at radius 2 is 1.18 bits per heavy atom. The van der Waals surface area contributed by atoms with Gasteiger partial charge in [-0.2, -0.15) is 12.8 Å². The van der Waals surface area contributed by atoms with Gasteiger partial charge in [-0.05, 0) is 42.3 Å². The summed E-state index contributed by atoms with van der Waals surface area (Å²) in [5.41, 5.74) is 3.29. The fraction of sp³-hybridized carbons (Fsp3) is 0.0417. The Morgan fingerprint density at radius 3 is 1.64 bits per heavy atom. The summed E-state index contributed by atoms with van der Waals surface area (Å²) in [6.07, 6.45) is 7.11. The number of allylic oxidation sites excluding steroid dienone is 2. The molecule has 0 aliphatic carbocycles. The van der Waals surface area contributed by atoms with Crippen LogP contribution >= 0.6 is 0 Å². The number of hydrogen-bond acceptors (Lipinski definition) is 2. The molecule has 0 N–H and O–H groups in total. The molecular weight excluding hydrogens is 366 g/mol. The van der Waals surface area contributed by atoms with Crippen LogP contribution in [0.5, 0.6) is 0 Å². The van der Waals surface area contributed by atoms with Crippen molar-refractivity contribution in [3.05, 3.63) is 114 Å². The Labute approximate surface area is 166 Å². The van der Waals surface area contributed by atoms with Gasteiger partial charge in [0.05, 0.1) is 10.6 Å². The van der Waals surface area contributed by atoms with Gasteiger partial charge in [-0.3, -0.25) is 0 Å². The Kier molecular flexibility index (Phi) is 6.35. The summed E-state index contributed by atoms with van der Waals surface area (Å²) in [5.74, 6) is 0. The minimum atomic E-state index is -3.80. The van der Waals surface area contributed by atoms with E-state index in [2.05, 4.69) is 4.40 Å². The molecule has 140 valence electrons. The van der Waals surface area contributed by atoms with Crippen molar-refractivity contribution in [2.24, 2.45) is 4.40 Å². The monoisotopic (exact) mass is 387 g/mol. The normalized spacial score (nSPS) is 11.8. The predicted octanol–water partition coefficient (Wildman–Crippen LogP) is 5.55. The zero-order valence-corrected chi connectivity index (χ0v) is 16.4. The second-order valence-corrected chi connectivity index (χ2v) is 7.90. The maximum Gasteiger partial charge on any atom is 0.282 e. The average molecular weight is 388 g/mol. The molecule has 0 aromatic heterocycles. The topological polar surface area (TPSA) is 46.5 Å². The summed E-state index contributed by atoms with van der Waals surface area (Å²) in [6, 6.07) is 26.1. The lowest BCUT2D eigenvalue weighted by molar-refractivity contribution is 0.598. The molecule has 3 aromatic rings.